The van der Waals surface area contributed by atoms with Gasteiger partial charge in [-0.05, 0) is 37.6 Å². The number of nitrogens with one attached hydrogen (secondary N) is 1. The summed E-state index contributed by atoms with van der Waals surface area (Å²) < 4.78 is 23.0. The van der Waals surface area contributed by atoms with Gasteiger partial charge in [-0.15, -0.1) is 0 Å². The van der Waals surface area contributed by atoms with Crippen molar-refractivity contribution in [3.8, 4) is 11.5 Å². The Hall–Kier alpha value is -2.85. The molecule has 1 N–H and O–H groups in total. The predicted octanol–water partition coefficient (Wildman–Crippen LogP) is 5.27. The van der Waals surface area contributed by atoms with Crippen LogP contribution < -0.4 is 14.9 Å². The molecule has 1 heterocycles. The first-order valence-corrected chi connectivity index (χ1v) is 10.9. The van der Waals surface area contributed by atoms with E-state index in [0.717, 1.165) is 16.4 Å². The van der Waals surface area contributed by atoms with Crippen molar-refractivity contribution in [2.75, 3.05) is 23.7 Å². The molecule has 0 aliphatic heterocycles. The van der Waals surface area contributed by atoms with Crippen LogP contribution in [0.25, 0.3) is 10.9 Å². The summed E-state index contributed by atoms with van der Waals surface area (Å²) in [7, 11) is 1.84. The lowest BCUT2D eigenvalue weighted by Crippen LogP contribution is -2.19. The second-order valence-electron chi connectivity index (χ2n) is 6.46. The molecule has 0 spiro atoms. The Kier molecular flexibility index (Phi) is 7.69. The summed E-state index contributed by atoms with van der Waals surface area (Å²) >= 11 is 7.69. The molecule has 8 nitrogen and oxygen atoms in total. The topological polar surface area (TPSA) is 94.6 Å². The van der Waals surface area contributed by atoms with Gasteiger partial charge in [-0.2, -0.15) is 0 Å². The van der Waals surface area contributed by atoms with Gasteiger partial charge in [-0.25, -0.2) is 4.98 Å². The highest BCUT2D eigenvalue weighted by atomic mass is 35.5. The molecule has 2 aromatic carbocycles. The number of fused-ring (bicyclic) bond motifs is 1. The number of alkyl halides is 1. The Morgan fingerprint density at radius 1 is 1.39 bits per heavy atom. The van der Waals surface area contributed by atoms with Crippen molar-refractivity contribution in [3.63, 3.8) is 0 Å². The van der Waals surface area contributed by atoms with Crippen LogP contribution >= 0.6 is 23.5 Å². The smallest absolute Gasteiger partial charge is 0.313 e. The Bertz CT molecular complexity index is 1170. The molecule has 0 aliphatic carbocycles. The number of aromatic nitrogens is 2. The molecule has 0 atom stereocenters. The number of hydrogen-bond acceptors (Lipinski definition) is 7. The van der Waals surface area contributed by atoms with Gasteiger partial charge < -0.3 is 14.0 Å². The molecule has 1 aromatic heterocycles. The van der Waals surface area contributed by atoms with Crippen LogP contribution in [0.2, 0.25) is 5.02 Å². The number of ether oxygens (including phenoxy) is 1. The van der Waals surface area contributed by atoms with Crippen molar-refractivity contribution in [1.82, 2.24) is 9.55 Å². The van der Waals surface area contributed by atoms with Crippen LogP contribution in [-0.2, 0) is 7.05 Å². The fourth-order valence-corrected chi connectivity index (χ4v) is 3.83. The highest BCUT2D eigenvalue weighted by molar-refractivity contribution is 8.00. The number of nitrogens with zero attached hydrogens (tertiary/aromatic N) is 4. The minimum atomic E-state index is -0.554. The number of hydrogen-bond donors (Lipinski definition) is 1. The van der Waals surface area contributed by atoms with E-state index in [0.29, 0.717) is 30.2 Å². The van der Waals surface area contributed by atoms with Gasteiger partial charge in [0.05, 0.1) is 29.1 Å². The first-order valence-electron chi connectivity index (χ1n) is 9.50. The SMILES string of the molecule is CCN=c1c2cc(Oc3c([N+](=O)[O-])ccc(NSCCCF)c3Cl)ccc2ncn1C. The maximum atomic E-state index is 12.3. The van der Waals surface area contributed by atoms with E-state index in [-0.39, 0.29) is 16.5 Å². The highest BCUT2D eigenvalue weighted by Crippen LogP contribution is 2.43. The van der Waals surface area contributed by atoms with Gasteiger partial charge in [-0.3, -0.25) is 19.5 Å². The van der Waals surface area contributed by atoms with Crippen LogP contribution in [-0.4, -0.2) is 33.4 Å². The molecule has 11 heteroatoms. The average Bonchev–Trinajstić information content (AvgIpc) is 2.75. The first kappa shape index (κ1) is 22.8. The van der Waals surface area contributed by atoms with E-state index >= 15 is 0 Å². The number of aryl methyl sites for hydroxylation is 1. The number of halogens is 2. The minimum absolute atomic E-state index is 0.0669. The van der Waals surface area contributed by atoms with Gasteiger partial charge in [-0.1, -0.05) is 23.5 Å². The summed E-state index contributed by atoms with van der Waals surface area (Å²) in [6.45, 7) is 2.10. The molecule has 164 valence electrons. The number of rotatable bonds is 9. The molecule has 31 heavy (non-hydrogen) atoms. The molecular formula is C20H21ClFN5O3S. The Balaban J connectivity index is 2.02. The van der Waals surface area contributed by atoms with Crippen LogP contribution in [0.3, 0.4) is 0 Å². The van der Waals surface area contributed by atoms with Gasteiger partial charge in [0.1, 0.15) is 16.3 Å². The lowest BCUT2D eigenvalue weighted by atomic mass is 10.2. The second-order valence-corrected chi connectivity index (χ2v) is 7.74. The third-order valence-electron chi connectivity index (χ3n) is 4.28. The molecule has 0 unspecified atom stereocenters. The first-order chi connectivity index (χ1) is 15.0. The van der Waals surface area contributed by atoms with Gasteiger partial charge in [0.15, 0.2) is 0 Å². The highest BCUT2D eigenvalue weighted by Gasteiger charge is 2.23. The Morgan fingerprint density at radius 2 is 2.19 bits per heavy atom. The number of anilines is 1. The largest absolute Gasteiger partial charge is 0.448 e. The zero-order chi connectivity index (χ0) is 22.4. The monoisotopic (exact) mass is 465 g/mol. The third kappa shape index (κ3) is 5.26. The van der Waals surface area contributed by atoms with E-state index in [1.54, 1.807) is 29.1 Å². The fraction of sp³-hybridized carbons (Fsp3) is 0.300. The van der Waals surface area contributed by atoms with Crippen LogP contribution in [0.5, 0.6) is 11.5 Å². The van der Waals surface area contributed by atoms with E-state index < -0.39 is 11.6 Å². The van der Waals surface area contributed by atoms with Crippen LogP contribution in [0.4, 0.5) is 15.8 Å². The molecule has 0 amide bonds. The van der Waals surface area contributed by atoms with Crippen LogP contribution in [0, 0.1) is 10.1 Å². The number of benzene rings is 2. The van der Waals surface area contributed by atoms with Gasteiger partial charge >= 0.3 is 5.69 Å². The number of nitro groups is 1. The van der Waals surface area contributed by atoms with E-state index in [4.69, 9.17) is 16.3 Å². The van der Waals surface area contributed by atoms with Crippen LogP contribution in [0.1, 0.15) is 13.3 Å². The average molecular weight is 466 g/mol. The third-order valence-corrected chi connectivity index (χ3v) is 5.51. The quantitative estimate of drug-likeness (QED) is 0.200. The molecule has 3 rings (SSSR count). The van der Waals surface area contributed by atoms with Crippen molar-refractivity contribution >= 4 is 45.8 Å². The van der Waals surface area contributed by atoms with E-state index in [9.17, 15) is 14.5 Å². The van der Waals surface area contributed by atoms with Crippen molar-refractivity contribution < 1.29 is 14.1 Å². The second kappa shape index (κ2) is 10.5. The van der Waals surface area contributed by atoms with Gasteiger partial charge in [0.2, 0.25) is 5.75 Å². The Morgan fingerprint density at radius 3 is 2.90 bits per heavy atom. The zero-order valence-corrected chi connectivity index (χ0v) is 18.5. The normalized spacial score (nSPS) is 11.7. The molecular weight excluding hydrogens is 445 g/mol. The fourth-order valence-electron chi connectivity index (χ4n) is 2.85. The van der Waals surface area contributed by atoms with Crippen molar-refractivity contribution in [1.29, 1.82) is 0 Å². The van der Waals surface area contributed by atoms with E-state index in [1.165, 1.54) is 24.1 Å². The summed E-state index contributed by atoms with van der Waals surface area (Å²) in [6.07, 6.45) is 2.06. The van der Waals surface area contributed by atoms with Crippen molar-refractivity contribution in [2.24, 2.45) is 12.0 Å². The molecule has 0 radical (unpaired) electrons. The summed E-state index contributed by atoms with van der Waals surface area (Å²) in [5.74, 6) is 0.808. The van der Waals surface area contributed by atoms with Gasteiger partial charge in [0, 0.05) is 30.8 Å². The predicted molar refractivity (Wildman–Crippen MR) is 122 cm³/mol. The summed E-state index contributed by atoms with van der Waals surface area (Å²) in [5.41, 5.74) is 1.62. The maximum Gasteiger partial charge on any atom is 0.313 e. The van der Waals surface area contributed by atoms with Crippen molar-refractivity contribution in [2.45, 2.75) is 13.3 Å². The van der Waals surface area contributed by atoms with E-state index in [1.807, 2.05) is 14.0 Å². The molecule has 0 aliphatic rings. The molecule has 3 aromatic rings. The summed E-state index contributed by atoms with van der Waals surface area (Å²) in [4.78, 5) is 19.9. The van der Waals surface area contributed by atoms with Gasteiger partial charge in [0.25, 0.3) is 0 Å². The summed E-state index contributed by atoms with van der Waals surface area (Å²) in [5, 5.41) is 12.4. The molecule has 0 bridgehead atoms. The summed E-state index contributed by atoms with van der Waals surface area (Å²) in [6, 6.07) is 7.97. The zero-order valence-electron chi connectivity index (χ0n) is 17.0. The van der Waals surface area contributed by atoms with Crippen LogP contribution in [0.15, 0.2) is 41.7 Å². The lowest BCUT2D eigenvalue weighted by molar-refractivity contribution is -0.385. The lowest BCUT2D eigenvalue weighted by Gasteiger charge is -2.13. The number of nitro benzene ring substituents is 1. The molecule has 0 fully saturated rings. The Labute approximate surface area is 187 Å². The standard InChI is InChI=1S/C20H21ClFN5O3S/c1-3-23-20-14-11-13(5-6-15(14)24-12-26(20)2)30-19-17(27(28)29)8-7-16(18(19)21)25-31-10-4-9-22/h5-8,11-12,25H,3-4,9-10H2,1-2H3. The molecule has 0 saturated carbocycles. The van der Waals surface area contributed by atoms with E-state index in [2.05, 4.69) is 14.7 Å². The minimum Gasteiger partial charge on any atom is -0.448 e. The maximum absolute atomic E-state index is 12.3. The molecule has 0 saturated heterocycles. The van der Waals surface area contributed by atoms with Crippen molar-refractivity contribution in [3.05, 3.63) is 57.3 Å².